The molecule has 3 aliphatic rings. The number of ether oxygens (including phenoxy) is 1. The van der Waals surface area contributed by atoms with Crippen molar-refractivity contribution >= 4 is 51.0 Å². The second-order valence-corrected chi connectivity index (χ2v) is 13.5. The Morgan fingerprint density at radius 2 is 1.98 bits per heavy atom. The fourth-order valence-electron chi connectivity index (χ4n) is 7.08. The molecule has 3 atom stereocenters. The van der Waals surface area contributed by atoms with Gasteiger partial charge in [-0.05, 0) is 69.3 Å². The van der Waals surface area contributed by atoms with Crippen LogP contribution in [0.1, 0.15) is 23.2 Å². The van der Waals surface area contributed by atoms with E-state index in [1.54, 1.807) is 16.8 Å². The third kappa shape index (κ3) is 4.97. The summed E-state index contributed by atoms with van der Waals surface area (Å²) in [6.45, 7) is 1.96. The summed E-state index contributed by atoms with van der Waals surface area (Å²) in [5.41, 5.74) is 0.858. The summed E-state index contributed by atoms with van der Waals surface area (Å²) in [5.74, 6) is -0.443. The number of carboxylic acids is 1. The van der Waals surface area contributed by atoms with Crippen molar-refractivity contribution in [1.29, 1.82) is 0 Å². The number of benzene rings is 1. The van der Waals surface area contributed by atoms with Gasteiger partial charge in [0, 0.05) is 55.4 Å². The van der Waals surface area contributed by atoms with E-state index in [1.165, 1.54) is 6.20 Å². The Hall–Kier alpha value is -4.68. The van der Waals surface area contributed by atoms with Crippen molar-refractivity contribution in [3.05, 3.63) is 81.6 Å². The van der Waals surface area contributed by atoms with Gasteiger partial charge in [0.15, 0.2) is 0 Å². The van der Waals surface area contributed by atoms with Crippen molar-refractivity contribution in [3.8, 4) is 11.6 Å². The number of anilines is 2. The quantitative estimate of drug-likeness (QED) is 0.257. The van der Waals surface area contributed by atoms with Gasteiger partial charge >= 0.3 is 5.97 Å². The molecule has 3 fully saturated rings. The van der Waals surface area contributed by atoms with Gasteiger partial charge in [0.25, 0.3) is 0 Å². The molecule has 1 saturated carbocycles. The predicted molar refractivity (Wildman–Crippen MR) is 178 cm³/mol. The highest BCUT2D eigenvalue weighted by Crippen LogP contribution is 2.51. The lowest BCUT2D eigenvalue weighted by Crippen LogP contribution is -2.57. The van der Waals surface area contributed by atoms with Crippen molar-refractivity contribution in [1.82, 2.24) is 24.0 Å². The van der Waals surface area contributed by atoms with E-state index in [4.69, 9.17) is 16.3 Å². The second kappa shape index (κ2) is 11.0. The Morgan fingerprint density at radius 3 is 2.70 bits per heavy atom. The van der Waals surface area contributed by atoms with Gasteiger partial charge in [-0.15, -0.1) is 0 Å². The van der Waals surface area contributed by atoms with Gasteiger partial charge < -0.3 is 33.7 Å². The van der Waals surface area contributed by atoms with Gasteiger partial charge in [-0.2, -0.15) is 4.98 Å². The number of aromatic nitrogens is 4. The molecular weight excluding hydrogens is 625 g/mol. The van der Waals surface area contributed by atoms with Crippen molar-refractivity contribution in [2.45, 2.75) is 31.0 Å². The minimum Gasteiger partial charge on any atom is -0.477 e. The third-order valence-electron chi connectivity index (χ3n) is 9.89. The lowest BCUT2D eigenvalue weighted by Gasteiger charge is -2.43. The van der Waals surface area contributed by atoms with E-state index in [2.05, 4.69) is 33.9 Å². The van der Waals surface area contributed by atoms with E-state index in [0.29, 0.717) is 39.8 Å². The maximum absolute atomic E-state index is 16.0. The highest BCUT2D eigenvalue weighted by molar-refractivity contribution is 6.32. The van der Waals surface area contributed by atoms with E-state index >= 15 is 4.39 Å². The van der Waals surface area contributed by atoms with Crippen molar-refractivity contribution in [2.75, 3.05) is 43.6 Å². The Labute approximate surface area is 274 Å². The number of rotatable bonds is 8. The number of piperidine rings is 1. The van der Waals surface area contributed by atoms with Gasteiger partial charge in [-0.3, -0.25) is 4.79 Å². The van der Waals surface area contributed by atoms with Crippen LogP contribution in [0.25, 0.3) is 27.6 Å². The predicted octanol–water partition coefficient (Wildman–Crippen LogP) is 4.56. The van der Waals surface area contributed by atoms with Crippen LogP contribution in [0.4, 0.5) is 15.9 Å². The maximum Gasteiger partial charge on any atom is 0.341 e. The molecule has 242 valence electrons. The number of carbonyl (C=O) groups is 1. The fraction of sp³-hybridized carbons (Fsp3) is 0.353. The summed E-state index contributed by atoms with van der Waals surface area (Å²) >= 11 is 6.51. The van der Waals surface area contributed by atoms with Crippen LogP contribution in [-0.2, 0) is 7.05 Å². The first kappa shape index (κ1) is 29.7. The standard InChI is InChI=1S/C34H33ClFN7O4/c1-39(2)22-14-41(15-22)30-5-4-20(13-37-30)42-16-24(34(45)46)31(44)23-11-26(36)29(12-28(23)42)43-21(8-19-10-27(19)43)17-47-33-25(35)9-18-6-7-40(3)32(18)38-33/h4-7,9,11-13,16,19,21-22,27H,8,10,14-15,17H2,1-3H3,(H,45,46)/t19?,21-,27?/m1/s1. The van der Waals surface area contributed by atoms with Gasteiger partial charge in [0.05, 0.1) is 29.1 Å². The second-order valence-electron chi connectivity index (χ2n) is 13.1. The maximum atomic E-state index is 16.0. The molecule has 2 saturated heterocycles. The first-order valence-electron chi connectivity index (χ1n) is 15.6. The van der Waals surface area contributed by atoms with E-state index in [9.17, 15) is 14.7 Å². The van der Waals surface area contributed by atoms with E-state index in [-0.39, 0.29) is 24.1 Å². The number of aryl methyl sites for hydroxylation is 1. The number of likely N-dealkylation sites (N-methyl/N-ethyl adjacent to an activating group) is 1. The molecule has 1 aliphatic carbocycles. The SMILES string of the molecule is CN(C)C1CN(c2ccc(-n3cc(C(=O)O)c(=O)c4cc(F)c(N5C6CC6C[C@@H]5COc5nc6c(ccn6C)cc5Cl)cc43)cn2)C1. The van der Waals surface area contributed by atoms with Crippen molar-refractivity contribution in [3.63, 3.8) is 0 Å². The smallest absolute Gasteiger partial charge is 0.341 e. The molecule has 1 aromatic carbocycles. The zero-order valence-electron chi connectivity index (χ0n) is 26.1. The number of aromatic carboxylic acids is 1. The van der Waals surface area contributed by atoms with Crippen LogP contribution in [0.2, 0.25) is 5.02 Å². The normalized spacial score (nSPS) is 20.7. The number of hydrogen-bond acceptors (Lipinski definition) is 8. The van der Waals surface area contributed by atoms with Crippen LogP contribution in [0.3, 0.4) is 0 Å². The molecule has 47 heavy (non-hydrogen) atoms. The molecule has 5 aromatic rings. The third-order valence-corrected chi connectivity index (χ3v) is 10.2. The lowest BCUT2D eigenvalue weighted by molar-refractivity contribution is 0.0695. The molecular formula is C34H33ClFN7O4. The number of nitrogens with zero attached hydrogens (tertiary/aromatic N) is 7. The monoisotopic (exact) mass is 657 g/mol. The number of fused-ring (bicyclic) bond motifs is 3. The molecule has 6 heterocycles. The largest absolute Gasteiger partial charge is 0.477 e. The molecule has 0 amide bonds. The molecule has 2 unspecified atom stereocenters. The summed E-state index contributed by atoms with van der Waals surface area (Å²) in [4.78, 5) is 41.0. The van der Waals surface area contributed by atoms with Gasteiger partial charge in [-0.25, -0.2) is 14.2 Å². The zero-order valence-corrected chi connectivity index (χ0v) is 26.9. The number of hydrogen-bond donors (Lipinski definition) is 1. The Balaban J connectivity index is 1.15. The Kier molecular flexibility index (Phi) is 6.92. The molecule has 2 aliphatic heterocycles. The topological polar surface area (TPSA) is 109 Å². The summed E-state index contributed by atoms with van der Waals surface area (Å²) < 4.78 is 25.7. The molecule has 0 radical (unpaired) electrons. The number of halogens is 2. The molecule has 4 aromatic heterocycles. The van der Waals surface area contributed by atoms with Crippen LogP contribution in [0.5, 0.6) is 5.88 Å². The summed E-state index contributed by atoms with van der Waals surface area (Å²) in [7, 11) is 6.00. The van der Waals surface area contributed by atoms with Crippen LogP contribution in [0.15, 0.2) is 59.8 Å². The minimum absolute atomic E-state index is 0.0157. The van der Waals surface area contributed by atoms with Crippen molar-refractivity contribution < 1.29 is 19.0 Å². The summed E-state index contributed by atoms with van der Waals surface area (Å²) in [5, 5.41) is 11.2. The molecule has 8 rings (SSSR count). The minimum atomic E-state index is -1.38. The molecule has 11 nitrogen and oxygen atoms in total. The van der Waals surface area contributed by atoms with E-state index in [1.807, 2.05) is 47.0 Å². The lowest BCUT2D eigenvalue weighted by atomic mass is 10.1. The van der Waals surface area contributed by atoms with E-state index < -0.39 is 22.8 Å². The molecule has 0 spiro atoms. The Bertz CT molecular complexity index is 2130. The van der Waals surface area contributed by atoms with Crippen LogP contribution in [0, 0.1) is 11.7 Å². The molecule has 1 N–H and O–H groups in total. The summed E-state index contributed by atoms with van der Waals surface area (Å²) in [6, 6.07) is 10.7. The highest BCUT2D eigenvalue weighted by atomic mass is 35.5. The highest BCUT2D eigenvalue weighted by Gasteiger charge is 2.53. The average Bonchev–Trinajstić information content (AvgIpc) is 3.55. The number of carboxylic acid groups (broad SMARTS) is 1. The van der Waals surface area contributed by atoms with Crippen LogP contribution >= 0.6 is 11.6 Å². The van der Waals surface area contributed by atoms with Gasteiger partial charge in [0.1, 0.15) is 34.5 Å². The molecule has 13 heteroatoms. The first-order chi connectivity index (χ1) is 22.6. The zero-order chi connectivity index (χ0) is 32.7. The van der Waals surface area contributed by atoms with Crippen LogP contribution < -0.4 is 20.0 Å². The first-order valence-corrected chi connectivity index (χ1v) is 16.0. The molecule has 0 bridgehead atoms. The van der Waals surface area contributed by atoms with Gasteiger partial charge in [0.2, 0.25) is 11.3 Å². The number of pyridine rings is 3. The van der Waals surface area contributed by atoms with E-state index in [0.717, 1.165) is 48.8 Å². The van der Waals surface area contributed by atoms with Crippen LogP contribution in [-0.4, -0.2) is 87.0 Å². The van der Waals surface area contributed by atoms with Gasteiger partial charge in [-0.1, -0.05) is 11.6 Å². The fourth-order valence-corrected chi connectivity index (χ4v) is 7.29. The summed E-state index contributed by atoms with van der Waals surface area (Å²) in [6.07, 6.45) is 6.61. The van der Waals surface area contributed by atoms with Crippen molar-refractivity contribution in [2.24, 2.45) is 13.0 Å². The Morgan fingerprint density at radius 1 is 1.17 bits per heavy atom. The average molecular weight is 658 g/mol.